The van der Waals surface area contributed by atoms with Crippen LogP contribution in [0.2, 0.25) is 0 Å². The number of carbonyl (C=O) groups is 6. The van der Waals surface area contributed by atoms with Crippen LogP contribution in [0.15, 0.2) is 23.3 Å². The van der Waals surface area contributed by atoms with Gasteiger partial charge in [0, 0.05) is 36.1 Å². The SMILES string of the molecule is CCN(CC(=O)O)C(=O)N[C@@H](CSC/C=C(\C)CCCC(C)CCCC(C)CCCC(C)C)C(=O)[O-].CCN(CC(=O)O)C(=O)N[C@@H](CSC/C=C(\C)CCCC(C)CCCC(C)CCCC(C)C)C(=O)[O-].[Na+].[Na+]. The van der Waals surface area contributed by atoms with Crippen molar-refractivity contribution in [3.8, 4) is 0 Å². The molecule has 0 aliphatic carbocycles. The largest absolute Gasteiger partial charge is 1.00 e. The van der Waals surface area contributed by atoms with E-state index in [2.05, 4.69) is 92.0 Å². The van der Waals surface area contributed by atoms with Gasteiger partial charge >= 0.3 is 83.1 Å². The Labute approximate surface area is 502 Å². The third-order valence-corrected chi connectivity index (χ3v) is 15.0. The van der Waals surface area contributed by atoms with Crippen molar-refractivity contribution < 1.29 is 108 Å². The number of hydrogen-bond donors (Lipinski definition) is 4. The molecule has 0 heterocycles. The number of carboxylic acid groups (broad SMARTS) is 4. The predicted octanol–water partition coefficient (Wildman–Crippen LogP) is 4.69. The first-order valence-corrected chi connectivity index (χ1v) is 29.7. The van der Waals surface area contributed by atoms with Gasteiger partial charge in [-0.05, 0) is 88.9 Å². The van der Waals surface area contributed by atoms with Crippen molar-refractivity contribution in [1.29, 1.82) is 0 Å². The van der Waals surface area contributed by atoms with Crippen molar-refractivity contribution in [3.05, 3.63) is 23.3 Å². The Hall–Kier alpha value is -1.40. The van der Waals surface area contributed by atoms with E-state index in [0.717, 1.165) is 71.0 Å². The maximum Gasteiger partial charge on any atom is 1.00 e. The Kier molecular flexibility index (Phi) is 53.3. The molecule has 0 bridgehead atoms. The third-order valence-electron chi connectivity index (χ3n) is 13.1. The summed E-state index contributed by atoms with van der Waals surface area (Å²) < 4.78 is 0. The molecule has 4 unspecified atom stereocenters. The van der Waals surface area contributed by atoms with Gasteiger partial charge in [0.15, 0.2) is 0 Å². The topological polar surface area (TPSA) is 220 Å². The van der Waals surface area contributed by atoms with E-state index in [-0.39, 0.29) is 83.7 Å². The second-order valence-electron chi connectivity index (χ2n) is 21.4. The number of allylic oxidation sites excluding steroid dienone is 2. The van der Waals surface area contributed by atoms with Crippen molar-refractivity contribution in [2.45, 2.75) is 211 Å². The fraction of sp³-hybridized carbons (Fsp3) is 0.821. The average Bonchev–Trinajstić information content (AvgIpc) is 3.28. The van der Waals surface area contributed by atoms with Crippen LogP contribution in [0.3, 0.4) is 0 Å². The van der Waals surface area contributed by atoms with Crippen molar-refractivity contribution in [2.24, 2.45) is 35.5 Å². The molecule has 0 aromatic heterocycles. The van der Waals surface area contributed by atoms with Crippen LogP contribution in [-0.2, 0) is 19.2 Å². The van der Waals surface area contributed by atoms with Crippen LogP contribution in [0.25, 0.3) is 0 Å². The zero-order valence-electron chi connectivity index (χ0n) is 49.0. The van der Waals surface area contributed by atoms with Crippen LogP contribution >= 0.6 is 23.5 Å². The normalized spacial score (nSPS) is 14.0. The predicted molar refractivity (Wildman–Crippen MR) is 296 cm³/mol. The van der Waals surface area contributed by atoms with Crippen molar-refractivity contribution >= 4 is 59.5 Å². The first-order valence-electron chi connectivity index (χ1n) is 27.3. The number of thioether (sulfide) groups is 2. The summed E-state index contributed by atoms with van der Waals surface area (Å²) in [4.78, 5) is 70.8. The van der Waals surface area contributed by atoms with Crippen LogP contribution in [0.4, 0.5) is 9.59 Å². The van der Waals surface area contributed by atoms with Gasteiger partial charge in [0.1, 0.15) is 13.1 Å². The fourth-order valence-electron chi connectivity index (χ4n) is 8.19. The molecule has 0 saturated heterocycles. The molecule has 420 valence electrons. The summed E-state index contributed by atoms with van der Waals surface area (Å²) in [5.74, 6) is 1.36. The van der Waals surface area contributed by atoms with Gasteiger partial charge in [0.2, 0.25) is 0 Å². The second kappa shape index (κ2) is 49.9. The van der Waals surface area contributed by atoms with E-state index in [1.54, 1.807) is 13.8 Å². The van der Waals surface area contributed by atoms with Gasteiger partial charge in [-0.1, -0.05) is 169 Å². The molecule has 0 spiro atoms. The molecule has 18 heteroatoms. The summed E-state index contributed by atoms with van der Waals surface area (Å²) in [6, 6.07) is -3.76. The number of nitrogens with one attached hydrogen (secondary N) is 2. The van der Waals surface area contributed by atoms with Crippen LogP contribution in [-0.4, -0.2) is 117 Å². The zero-order chi connectivity index (χ0) is 55.0. The van der Waals surface area contributed by atoms with Gasteiger partial charge < -0.3 is 50.4 Å². The van der Waals surface area contributed by atoms with Crippen LogP contribution in [0.5, 0.6) is 0 Å². The summed E-state index contributed by atoms with van der Waals surface area (Å²) in [5.41, 5.74) is 2.59. The van der Waals surface area contributed by atoms with E-state index in [0.29, 0.717) is 11.5 Å². The molecule has 0 aromatic rings. The van der Waals surface area contributed by atoms with Crippen LogP contribution in [0, 0.1) is 35.5 Å². The van der Waals surface area contributed by atoms with E-state index in [1.165, 1.54) is 125 Å². The standard InChI is InChI=1S/2C28H52N2O5S.2Na/c2*1-7-30(19-26(31)32)28(35)29-25(27(33)34)20-36-18-17-24(6)16-10-15-23(5)14-9-13-22(4)12-8-11-21(2)3;;/h2*17,21-23,25H,7-16,18-20H2,1-6H3,(H,29,35)(H,31,32)(H,33,34);;/q;;2*+1/p-2/b2*24-17+;;/t2*22?,23?,25-;;/m00../s1. The fourth-order valence-corrected chi connectivity index (χ4v) is 10.2. The molecule has 0 aliphatic heterocycles. The van der Waals surface area contributed by atoms with Crippen molar-refractivity contribution in [1.82, 2.24) is 20.4 Å². The van der Waals surface area contributed by atoms with Gasteiger partial charge in [-0.25, -0.2) is 9.59 Å². The average molecular weight is 1100 g/mol. The number of amides is 4. The Balaban J connectivity index is -0.000000645. The maximum absolute atomic E-state index is 12.1. The number of nitrogens with zero attached hydrogens (tertiary/aromatic N) is 2. The number of aliphatic carboxylic acids is 4. The Morgan fingerprint density at radius 1 is 0.486 bits per heavy atom. The second-order valence-corrected chi connectivity index (χ2v) is 23.5. The van der Waals surface area contributed by atoms with E-state index in [1.807, 2.05) is 0 Å². The summed E-state index contributed by atoms with van der Waals surface area (Å²) in [6.07, 6.45) is 27.1. The minimum Gasteiger partial charge on any atom is -0.548 e. The molecule has 4 amide bonds. The number of carbonyl (C=O) groups excluding carboxylic acids is 4. The quantitative estimate of drug-likeness (QED) is 0.0372. The van der Waals surface area contributed by atoms with Crippen LogP contribution < -0.4 is 80.0 Å². The molecule has 0 saturated carbocycles. The van der Waals surface area contributed by atoms with Crippen LogP contribution in [0.1, 0.15) is 199 Å². The summed E-state index contributed by atoms with van der Waals surface area (Å²) >= 11 is 2.81. The number of carboxylic acids is 4. The number of likely N-dealkylation sites (N-methyl/N-ethyl adjacent to an activating group) is 2. The summed E-state index contributed by atoms with van der Waals surface area (Å²) in [7, 11) is 0. The van der Waals surface area contributed by atoms with Gasteiger partial charge in [0.25, 0.3) is 0 Å². The molecule has 0 fully saturated rings. The molecule has 0 aromatic carbocycles. The molecule has 4 N–H and O–H groups in total. The van der Waals surface area contributed by atoms with Gasteiger partial charge in [-0.2, -0.15) is 23.5 Å². The number of hydrogen-bond acceptors (Lipinski definition) is 10. The number of rotatable bonds is 42. The molecule has 74 heavy (non-hydrogen) atoms. The minimum absolute atomic E-state index is 0. The van der Waals surface area contributed by atoms with Gasteiger partial charge in [0.05, 0.1) is 24.0 Å². The van der Waals surface area contributed by atoms with Gasteiger partial charge in [-0.3, -0.25) is 9.59 Å². The molecular formula is C56H102N4Na2O10S2. The molecule has 14 nitrogen and oxygen atoms in total. The van der Waals surface area contributed by atoms with Gasteiger partial charge in [-0.15, -0.1) is 0 Å². The third kappa shape index (κ3) is 47.8. The monoisotopic (exact) mass is 1100 g/mol. The zero-order valence-corrected chi connectivity index (χ0v) is 54.7. The summed E-state index contributed by atoms with van der Waals surface area (Å²) in [5, 5.41) is 45.2. The minimum atomic E-state index is -1.37. The Morgan fingerprint density at radius 3 is 1.00 bits per heavy atom. The smallest absolute Gasteiger partial charge is 0.548 e. The molecule has 0 radical (unpaired) electrons. The molecule has 0 aliphatic rings. The van der Waals surface area contributed by atoms with E-state index < -0.39 is 61.1 Å². The maximum atomic E-state index is 12.1. The Bertz CT molecular complexity index is 1460. The van der Waals surface area contributed by atoms with Crippen molar-refractivity contribution in [2.75, 3.05) is 49.2 Å². The van der Waals surface area contributed by atoms with Crippen molar-refractivity contribution in [3.63, 3.8) is 0 Å². The number of urea groups is 2. The van der Waals surface area contributed by atoms with E-state index in [4.69, 9.17) is 10.2 Å². The van der Waals surface area contributed by atoms with E-state index >= 15 is 0 Å². The molecule has 6 atom stereocenters. The molecule has 0 rings (SSSR count). The summed E-state index contributed by atoms with van der Waals surface area (Å²) in [6.45, 7) is 25.5. The Morgan fingerprint density at radius 2 is 0.757 bits per heavy atom. The first-order chi connectivity index (χ1) is 33.9. The first kappa shape index (κ1) is 79.1. The van der Waals surface area contributed by atoms with E-state index in [9.17, 15) is 39.0 Å². The molecular weight excluding hydrogens is 999 g/mol.